The molecule has 0 saturated heterocycles. The Morgan fingerprint density at radius 3 is 2.64 bits per heavy atom. The van der Waals surface area contributed by atoms with E-state index in [1.54, 1.807) is 0 Å². The van der Waals surface area contributed by atoms with Crippen LogP contribution in [-0.2, 0) is 0 Å². The lowest BCUT2D eigenvalue weighted by molar-refractivity contribution is 0.727. The first-order valence-electron chi connectivity index (χ1n) is 3.67. The molecule has 0 bridgehead atoms. The highest BCUT2D eigenvalue weighted by molar-refractivity contribution is 7.80. The normalized spacial score (nSPS) is 14.3. The van der Waals surface area contributed by atoms with E-state index in [4.69, 9.17) is 5.73 Å². The third-order valence-corrected chi connectivity index (χ3v) is 1.76. The van der Waals surface area contributed by atoms with E-state index < -0.39 is 0 Å². The van der Waals surface area contributed by atoms with Crippen LogP contribution in [0.5, 0.6) is 0 Å². The quantitative estimate of drug-likeness (QED) is 0.383. The second-order valence-electron chi connectivity index (χ2n) is 2.54. The number of nitrogens with zero attached hydrogens (tertiary/aromatic N) is 1. The molecule has 0 saturated carbocycles. The monoisotopic (exact) mass is 173 g/mol. The fourth-order valence-corrected chi connectivity index (χ4v) is 0.595. The molecule has 0 spiro atoms. The summed E-state index contributed by atoms with van der Waals surface area (Å²) in [4.78, 5) is 0. The highest BCUT2D eigenvalue weighted by Crippen LogP contribution is 2.01. The maximum atomic E-state index is 5.20. The van der Waals surface area contributed by atoms with E-state index in [9.17, 15) is 0 Å². The molecule has 3 N–H and O–H groups in total. The molecule has 1 unspecified atom stereocenters. The van der Waals surface area contributed by atoms with Crippen molar-refractivity contribution in [3.05, 3.63) is 0 Å². The van der Waals surface area contributed by atoms with Crippen LogP contribution < -0.4 is 11.2 Å². The van der Waals surface area contributed by atoms with Crippen LogP contribution in [0.15, 0.2) is 5.10 Å². The number of hydrogen-bond donors (Lipinski definition) is 2. The molecule has 0 rings (SSSR count). The smallest absolute Gasteiger partial charge is 0.184 e. The Kier molecular flexibility index (Phi) is 4.77. The lowest BCUT2D eigenvalue weighted by Gasteiger charge is -2.07. The average Bonchev–Trinajstić information content (AvgIpc) is 1.98. The zero-order valence-corrected chi connectivity index (χ0v) is 8.03. The van der Waals surface area contributed by atoms with Gasteiger partial charge in [0.05, 0.1) is 0 Å². The number of nitrogens with one attached hydrogen (secondary N) is 1. The number of hydrazone groups is 1. The van der Waals surface area contributed by atoms with E-state index in [-0.39, 0.29) is 5.11 Å². The van der Waals surface area contributed by atoms with Crippen molar-refractivity contribution in [2.24, 2.45) is 16.8 Å². The largest absolute Gasteiger partial charge is 0.375 e. The molecular formula is C7H15N3S. The summed E-state index contributed by atoms with van der Waals surface area (Å²) in [6.07, 6.45) is 1.08. The summed E-state index contributed by atoms with van der Waals surface area (Å²) in [7, 11) is 0. The maximum absolute atomic E-state index is 5.20. The molecule has 0 amide bonds. The van der Waals surface area contributed by atoms with Crippen molar-refractivity contribution < 1.29 is 0 Å². The van der Waals surface area contributed by atoms with Crippen molar-refractivity contribution in [1.82, 2.24) is 5.43 Å². The summed E-state index contributed by atoms with van der Waals surface area (Å²) >= 11 is 4.60. The number of nitrogens with two attached hydrogens (primary N) is 1. The minimum atomic E-state index is 0.215. The van der Waals surface area contributed by atoms with Gasteiger partial charge in [-0.2, -0.15) is 5.10 Å². The van der Waals surface area contributed by atoms with Gasteiger partial charge < -0.3 is 5.73 Å². The molecule has 0 aromatic rings. The minimum Gasteiger partial charge on any atom is -0.375 e. The van der Waals surface area contributed by atoms with Crippen LogP contribution in [0.1, 0.15) is 27.2 Å². The first kappa shape index (κ1) is 10.4. The fourth-order valence-electron chi connectivity index (χ4n) is 0.549. The van der Waals surface area contributed by atoms with Crippen LogP contribution in [0.4, 0.5) is 0 Å². The molecule has 1 atom stereocenters. The summed E-state index contributed by atoms with van der Waals surface area (Å²) in [6, 6.07) is 0. The molecule has 3 nitrogen and oxygen atoms in total. The van der Waals surface area contributed by atoms with Crippen LogP contribution in [0, 0.1) is 5.92 Å². The predicted molar refractivity (Wildman–Crippen MR) is 52.5 cm³/mol. The first-order chi connectivity index (χ1) is 5.07. The third-order valence-electron chi connectivity index (χ3n) is 1.67. The Bertz CT molecular complexity index is 165. The Balaban J connectivity index is 3.89. The lowest BCUT2D eigenvalue weighted by atomic mass is 10.1. The summed E-state index contributed by atoms with van der Waals surface area (Å²) in [5.41, 5.74) is 8.78. The fraction of sp³-hybridized carbons (Fsp3) is 0.714. The SMILES string of the molecule is CCC(C)/C(C)=N/NC(N)=S. The maximum Gasteiger partial charge on any atom is 0.184 e. The van der Waals surface area contributed by atoms with E-state index >= 15 is 0 Å². The Labute approximate surface area is 73.0 Å². The summed E-state index contributed by atoms with van der Waals surface area (Å²) in [5, 5.41) is 4.21. The van der Waals surface area contributed by atoms with Gasteiger partial charge in [-0.1, -0.05) is 13.8 Å². The molecule has 0 aromatic carbocycles. The minimum absolute atomic E-state index is 0.215. The molecule has 0 fully saturated rings. The van der Waals surface area contributed by atoms with Gasteiger partial charge in [-0.25, -0.2) is 0 Å². The summed E-state index contributed by atoms with van der Waals surface area (Å²) in [5.74, 6) is 0.483. The van der Waals surface area contributed by atoms with E-state index in [2.05, 4.69) is 36.6 Å². The van der Waals surface area contributed by atoms with Gasteiger partial charge in [-0.3, -0.25) is 5.43 Å². The van der Waals surface area contributed by atoms with Crippen molar-refractivity contribution in [3.63, 3.8) is 0 Å². The van der Waals surface area contributed by atoms with Gasteiger partial charge in [0.2, 0.25) is 0 Å². The second-order valence-corrected chi connectivity index (χ2v) is 2.98. The third kappa shape index (κ3) is 4.72. The predicted octanol–water partition coefficient (Wildman–Crippen LogP) is 1.24. The van der Waals surface area contributed by atoms with E-state index in [1.807, 2.05) is 6.92 Å². The Morgan fingerprint density at radius 1 is 1.73 bits per heavy atom. The van der Waals surface area contributed by atoms with Crippen molar-refractivity contribution in [1.29, 1.82) is 0 Å². The average molecular weight is 173 g/mol. The van der Waals surface area contributed by atoms with Crippen LogP contribution >= 0.6 is 12.2 Å². The summed E-state index contributed by atoms with van der Waals surface area (Å²) in [6.45, 7) is 6.18. The molecule has 0 aliphatic carbocycles. The van der Waals surface area contributed by atoms with Crippen molar-refractivity contribution in [3.8, 4) is 0 Å². The van der Waals surface area contributed by atoms with Crippen LogP contribution in [-0.4, -0.2) is 10.8 Å². The van der Waals surface area contributed by atoms with Crippen LogP contribution in [0.25, 0.3) is 0 Å². The number of hydrogen-bond acceptors (Lipinski definition) is 2. The van der Waals surface area contributed by atoms with Gasteiger partial charge in [-0.15, -0.1) is 0 Å². The van der Waals surface area contributed by atoms with Crippen LogP contribution in [0.2, 0.25) is 0 Å². The van der Waals surface area contributed by atoms with Gasteiger partial charge in [-0.05, 0) is 31.5 Å². The van der Waals surface area contributed by atoms with Gasteiger partial charge >= 0.3 is 0 Å². The van der Waals surface area contributed by atoms with Gasteiger partial charge in [0, 0.05) is 5.71 Å². The topological polar surface area (TPSA) is 50.4 Å². The van der Waals surface area contributed by atoms with E-state index in [1.165, 1.54) is 0 Å². The first-order valence-corrected chi connectivity index (χ1v) is 4.08. The van der Waals surface area contributed by atoms with Crippen LogP contribution in [0.3, 0.4) is 0 Å². The Hall–Kier alpha value is -0.640. The molecule has 0 aliphatic heterocycles. The standard InChI is InChI=1S/C7H15N3S/c1-4-5(2)6(3)9-10-7(8)11/h5H,4H2,1-3H3,(H3,8,10,11)/b9-6+. The molecule has 0 heterocycles. The number of rotatable bonds is 3. The van der Waals surface area contributed by atoms with Crippen molar-refractivity contribution >= 4 is 23.0 Å². The highest BCUT2D eigenvalue weighted by Gasteiger charge is 2.01. The lowest BCUT2D eigenvalue weighted by Crippen LogP contribution is -2.26. The second kappa shape index (κ2) is 5.07. The van der Waals surface area contributed by atoms with E-state index in [0.717, 1.165) is 12.1 Å². The molecule has 64 valence electrons. The van der Waals surface area contributed by atoms with Crippen molar-refractivity contribution in [2.75, 3.05) is 0 Å². The van der Waals surface area contributed by atoms with Crippen molar-refractivity contribution in [2.45, 2.75) is 27.2 Å². The van der Waals surface area contributed by atoms with Gasteiger partial charge in [0.15, 0.2) is 5.11 Å². The zero-order chi connectivity index (χ0) is 8.85. The molecule has 0 aliphatic rings. The van der Waals surface area contributed by atoms with Gasteiger partial charge in [0.1, 0.15) is 0 Å². The zero-order valence-electron chi connectivity index (χ0n) is 7.22. The molecular weight excluding hydrogens is 158 g/mol. The molecule has 0 radical (unpaired) electrons. The summed E-state index contributed by atoms with van der Waals surface area (Å²) < 4.78 is 0. The van der Waals surface area contributed by atoms with E-state index in [0.29, 0.717) is 5.92 Å². The highest BCUT2D eigenvalue weighted by atomic mass is 32.1. The molecule has 11 heavy (non-hydrogen) atoms. The Morgan fingerprint density at radius 2 is 2.27 bits per heavy atom. The molecule has 4 heteroatoms. The molecule has 0 aromatic heterocycles. The number of thiocarbonyl (C=S) groups is 1. The van der Waals surface area contributed by atoms with Gasteiger partial charge in [0.25, 0.3) is 0 Å².